The van der Waals surface area contributed by atoms with E-state index < -0.39 is 0 Å². The number of hydrogen-bond acceptors (Lipinski definition) is 4. The minimum absolute atomic E-state index is 0.0387. The van der Waals surface area contributed by atoms with Gasteiger partial charge in [-0.1, -0.05) is 0 Å². The van der Waals surface area contributed by atoms with Crippen LogP contribution in [0.4, 0.5) is 0 Å². The molecule has 0 aliphatic carbocycles. The number of carbonyl (C=O) groups is 1. The quantitative estimate of drug-likeness (QED) is 0.696. The van der Waals surface area contributed by atoms with E-state index in [1.807, 2.05) is 19.4 Å². The Bertz CT molecular complexity index is 561. The van der Waals surface area contributed by atoms with Gasteiger partial charge in [0.2, 0.25) is 0 Å². The fourth-order valence-electron chi connectivity index (χ4n) is 1.98. The van der Waals surface area contributed by atoms with E-state index in [2.05, 4.69) is 15.5 Å². The van der Waals surface area contributed by atoms with Crippen molar-refractivity contribution in [1.29, 1.82) is 0 Å². The Kier molecular flexibility index (Phi) is 4.89. The Morgan fingerprint density at radius 2 is 2.30 bits per heavy atom. The molecule has 1 amide bonds. The van der Waals surface area contributed by atoms with E-state index in [1.54, 1.807) is 16.9 Å². The number of nitrogens with zero attached hydrogens (tertiary/aromatic N) is 4. The fourth-order valence-corrected chi connectivity index (χ4v) is 1.98. The third-order valence-electron chi connectivity index (χ3n) is 2.95. The summed E-state index contributed by atoms with van der Waals surface area (Å²) in [5, 5.41) is 19.8. The van der Waals surface area contributed by atoms with E-state index in [4.69, 9.17) is 5.11 Å². The van der Waals surface area contributed by atoms with Crippen LogP contribution in [-0.2, 0) is 20.0 Å². The van der Waals surface area contributed by atoms with Gasteiger partial charge in [0.1, 0.15) is 5.69 Å². The van der Waals surface area contributed by atoms with Crippen molar-refractivity contribution < 1.29 is 9.90 Å². The molecule has 0 atom stereocenters. The lowest BCUT2D eigenvalue weighted by molar-refractivity contribution is 0.0941. The molecule has 0 saturated carbocycles. The molecule has 20 heavy (non-hydrogen) atoms. The van der Waals surface area contributed by atoms with Crippen LogP contribution in [0.3, 0.4) is 0 Å². The summed E-state index contributed by atoms with van der Waals surface area (Å²) in [6.07, 6.45) is 7.09. The van der Waals surface area contributed by atoms with Crippen molar-refractivity contribution in [1.82, 2.24) is 24.9 Å². The van der Waals surface area contributed by atoms with Crippen LogP contribution in [-0.4, -0.2) is 43.7 Å². The van der Waals surface area contributed by atoms with E-state index in [-0.39, 0.29) is 12.5 Å². The number of rotatable bonds is 7. The first kappa shape index (κ1) is 14.3. The maximum Gasteiger partial charge on any atom is 0.269 e. The predicted molar refractivity (Wildman–Crippen MR) is 73.2 cm³/mol. The summed E-state index contributed by atoms with van der Waals surface area (Å²) in [6, 6.07) is 1.64. The van der Waals surface area contributed by atoms with Crippen LogP contribution in [0.25, 0.3) is 0 Å². The van der Waals surface area contributed by atoms with E-state index in [9.17, 15) is 4.79 Å². The Labute approximate surface area is 117 Å². The summed E-state index contributed by atoms with van der Waals surface area (Å²) in [7, 11) is 1.88. The van der Waals surface area contributed by atoms with Crippen molar-refractivity contribution in [3.8, 4) is 0 Å². The second kappa shape index (κ2) is 6.85. The van der Waals surface area contributed by atoms with E-state index in [0.29, 0.717) is 18.8 Å². The molecule has 2 aromatic rings. The number of amides is 1. The minimum Gasteiger partial charge on any atom is -0.394 e. The third kappa shape index (κ3) is 3.67. The van der Waals surface area contributed by atoms with Crippen LogP contribution in [0.2, 0.25) is 0 Å². The molecular formula is C13H19N5O2. The monoisotopic (exact) mass is 277 g/mol. The van der Waals surface area contributed by atoms with Gasteiger partial charge in [-0.3, -0.25) is 14.2 Å². The highest BCUT2D eigenvalue weighted by atomic mass is 16.3. The maximum absolute atomic E-state index is 11.9. The normalized spacial score (nSPS) is 10.7. The van der Waals surface area contributed by atoms with Gasteiger partial charge in [-0.25, -0.2) is 0 Å². The first-order valence-corrected chi connectivity index (χ1v) is 6.59. The van der Waals surface area contributed by atoms with E-state index >= 15 is 0 Å². The zero-order chi connectivity index (χ0) is 14.4. The molecule has 0 fully saturated rings. The van der Waals surface area contributed by atoms with Crippen molar-refractivity contribution in [2.24, 2.45) is 7.05 Å². The fraction of sp³-hybridized carbons (Fsp3) is 0.462. The Morgan fingerprint density at radius 1 is 1.45 bits per heavy atom. The molecule has 0 unspecified atom stereocenters. The van der Waals surface area contributed by atoms with E-state index in [0.717, 1.165) is 18.4 Å². The van der Waals surface area contributed by atoms with Crippen LogP contribution >= 0.6 is 0 Å². The summed E-state index contributed by atoms with van der Waals surface area (Å²) >= 11 is 0. The third-order valence-corrected chi connectivity index (χ3v) is 2.95. The van der Waals surface area contributed by atoms with Crippen LogP contribution in [0.5, 0.6) is 0 Å². The molecule has 108 valence electrons. The summed E-state index contributed by atoms with van der Waals surface area (Å²) in [4.78, 5) is 11.9. The van der Waals surface area contributed by atoms with Crippen LogP contribution in [0.1, 0.15) is 22.5 Å². The number of aromatic nitrogens is 4. The standard InChI is InChI=1S/C13H19N5O2/c1-17-10-11(9-16-17)3-2-5-14-13(20)12-4-6-15-18(12)7-8-19/h4,6,9-10,19H,2-3,5,7-8H2,1H3,(H,14,20). The molecule has 0 aromatic carbocycles. The van der Waals surface area contributed by atoms with Crippen molar-refractivity contribution in [2.45, 2.75) is 19.4 Å². The van der Waals surface area contributed by atoms with Crippen molar-refractivity contribution in [2.75, 3.05) is 13.2 Å². The Balaban J connectivity index is 1.76. The molecule has 7 heteroatoms. The number of aliphatic hydroxyl groups is 1. The van der Waals surface area contributed by atoms with Crippen molar-refractivity contribution >= 4 is 5.91 Å². The Morgan fingerprint density at radius 3 is 3.00 bits per heavy atom. The number of aliphatic hydroxyl groups excluding tert-OH is 1. The highest BCUT2D eigenvalue weighted by molar-refractivity contribution is 5.92. The van der Waals surface area contributed by atoms with Crippen LogP contribution in [0, 0.1) is 0 Å². The van der Waals surface area contributed by atoms with Gasteiger partial charge in [0.25, 0.3) is 5.91 Å². The largest absolute Gasteiger partial charge is 0.394 e. The highest BCUT2D eigenvalue weighted by Crippen LogP contribution is 2.01. The molecule has 0 saturated heterocycles. The lowest BCUT2D eigenvalue weighted by Crippen LogP contribution is -2.27. The molecule has 0 aliphatic rings. The second-order valence-corrected chi connectivity index (χ2v) is 4.54. The van der Waals surface area contributed by atoms with Crippen LogP contribution in [0.15, 0.2) is 24.7 Å². The number of nitrogens with one attached hydrogen (secondary N) is 1. The maximum atomic E-state index is 11.9. The molecule has 2 aromatic heterocycles. The lowest BCUT2D eigenvalue weighted by Gasteiger charge is -2.06. The summed E-state index contributed by atoms with van der Waals surface area (Å²) in [6.45, 7) is 0.881. The molecule has 0 aliphatic heterocycles. The molecule has 0 spiro atoms. The van der Waals surface area contributed by atoms with Gasteiger partial charge < -0.3 is 10.4 Å². The average Bonchev–Trinajstić information content (AvgIpc) is 3.04. The molecule has 7 nitrogen and oxygen atoms in total. The highest BCUT2D eigenvalue weighted by Gasteiger charge is 2.10. The molecule has 2 heterocycles. The molecule has 2 rings (SSSR count). The molecule has 0 bridgehead atoms. The zero-order valence-electron chi connectivity index (χ0n) is 11.5. The number of hydrogen-bond donors (Lipinski definition) is 2. The second-order valence-electron chi connectivity index (χ2n) is 4.54. The molecule has 0 radical (unpaired) electrons. The van der Waals surface area contributed by atoms with Gasteiger partial charge in [-0.15, -0.1) is 0 Å². The van der Waals surface area contributed by atoms with Gasteiger partial charge >= 0.3 is 0 Å². The van der Waals surface area contributed by atoms with Gasteiger partial charge in [0.15, 0.2) is 0 Å². The smallest absolute Gasteiger partial charge is 0.269 e. The number of carbonyl (C=O) groups excluding carboxylic acids is 1. The van der Waals surface area contributed by atoms with Crippen molar-refractivity contribution in [3.05, 3.63) is 35.9 Å². The summed E-state index contributed by atoms with van der Waals surface area (Å²) in [5.74, 6) is -0.165. The minimum atomic E-state index is -0.165. The molecular weight excluding hydrogens is 258 g/mol. The zero-order valence-corrected chi connectivity index (χ0v) is 11.5. The van der Waals surface area contributed by atoms with Gasteiger partial charge in [-0.05, 0) is 24.5 Å². The first-order chi connectivity index (χ1) is 9.70. The first-order valence-electron chi connectivity index (χ1n) is 6.59. The van der Waals surface area contributed by atoms with Gasteiger partial charge in [-0.2, -0.15) is 10.2 Å². The molecule has 2 N–H and O–H groups in total. The van der Waals surface area contributed by atoms with E-state index in [1.165, 1.54) is 4.68 Å². The lowest BCUT2D eigenvalue weighted by atomic mass is 10.2. The predicted octanol–water partition coefficient (Wildman–Crippen LogP) is -0.0285. The number of aryl methyl sites for hydroxylation is 2. The van der Waals surface area contributed by atoms with Gasteiger partial charge in [0, 0.05) is 26.0 Å². The Hall–Kier alpha value is -2.15. The van der Waals surface area contributed by atoms with Gasteiger partial charge in [0.05, 0.1) is 19.3 Å². The van der Waals surface area contributed by atoms with Crippen LogP contribution < -0.4 is 5.32 Å². The summed E-state index contributed by atoms with van der Waals surface area (Å²) < 4.78 is 3.26. The van der Waals surface area contributed by atoms with Crippen molar-refractivity contribution in [3.63, 3.8) is 0 Å². The summed E-state index contributed by atoms with van der Waals surface area (Å²) in [5.41, 5.74) is 1.63. The SMILES string of the molecule is Cn1cc(CCCNC(=O)c2ccnn2CCO)cn1. The average molecular weight is 277 g/mol. The topological polar surface area (TPSA) is 85.0 Å².